The lowest BCUT2D eigenvalue weighted by atomic mass is 9.95. The molecule has 1 aliphatic carbocycles. The average Bonchev–Trinajstić information content (AvgIpc) is 3.40. The zero-order valence-corrected chi connectivity index (χ0v) is 18.2. The summed E-state index contributed by atoms with van der Waals surface area (Å²) >= 11 is 0. The van der Waals surface area contributed by atoms with Gasteiger partial charge in [0.1, 0.15) is 5.82 Å². The van der Waals surface area contributed by atoms with Crippen LogP contribution in [0.25, 0.3) is 0 Å². The van der Waals surface area contributed by atoms with Gasteiger partial charge in [0.2, 0.25) is 12.6 Å². The summed E-state index contributed by atoms with van der Waals surface area (Å²) in [6.07, 6.45) is 6.79. The first-order valence-electron chi connectivity index (χ1n) is 11.5. The maximum atomic E-state index is 12.7. The van der Waals surface area contributed by atoms with Crippen molar-refractivity contribution in [3.05, 3.63) is 35.4 Å². The van der Waals surface area contributed by atoms with Crippen molar-refractivity contribution < 1.29 is 14.3 Å². The van der Waals surface area contributed by atoms with Gasteiger partial charge in [-0.2, -0.15) is 0 Å². The predicted molar refractivity (Wildman–Crippen MR) is 115 cm³/mol. The normalized spacial score (nSPS) is 19.8. The van der Waals surface area contributed by atoms with Crippen LogP contribution in [0.2, 0.25) is 0 Å². The lowest BCUT2D eigenvalue weighted by Crippen LogP contribution is -2.40. The molecule has 0 radical (unpaired) electrons. The Bertz CT molecular complexity index is 937. The van der Waals surface area contributed by atoms with E-state index < -0.39 is 0 Å². The molecule has 1 saturated carbocycles. The van der Waals surface area contributed by atoms with Crippen molar-refractivity contribution >= 4 is 5.91 Å². The zero-order valence-electron chi connectivity index (χ0n) is 18.2. The van der Waals surface area contributed by atoms with Gasteiger partial charge < -0.3 is 19.4 Å². The lowest BCUT2D eigenvalue weighted by molar-refractivity contribution is 0.0907. The van der Waals surface area contributed by atoms with E-state index in [0.717, 1.165) is 62.8 Å². The van der Waals surface area contributed by atoms with Gasteiger partial charge in [0.25, 0.3) is 5.91 Å². The minimum Gasteiger partial charge on any atom is -0.454 e. The van der Waals surface area contributed by atoms with Gasteiger partial charge in [0.15, 0.2) is 11.5 Å². The van der Waals surface area contributed by atoms with E-state index >= 15 is 0 Å². The summed E-state index contributed by atoms with van der Waals surface area (Å²) in [6.45, 7) is 5.95. The second kappa shape index (κ2) is 8.86. The van der Waals surface area contributed by atoms with E-state index in [1.54, 1.807) is 0 Å². The number of amides is 1. The van der Waals surface area contributed by atoms with E-state index in [2.05, 4.69) is 39.5 Å². The number of benzene rings is 1. The Morgan fingerprint density at radius 3 is 2.87 bits per heavy atom. The summed E-state index contributed by atoms with van der Waals surface area (Å²) < 4.78 is 12.9. The molecule has 1 N–H and O–H groups in total. The fraction of sp³-hybridized carbons (Fsp3) is 0.609. The van der Waals surface area contributed by atoms with Crippen LogP contribution in [0.5, 0.6) is 11.5 Å². The van der Waals surface area contributed by atoms with Crippen LogP contribution in [-0.4, -0.2) is 51.5 Å². The number of carbonyl (C=O) groups excluding carboxylic acids is 1. The number of hydrogen-bond donors (Lipinski definition) is 1. The van der Waals surface area contributed by atoms with Crippen LogP contribution >= 0.6 is 0 Å². The molecule has 31 heavy (non-hydrogen) atoms. The first-order chi connectivity index (χ1) is 15.2. The van der Waals surface area contributed by atoms with Gasteiger partial charge in [0.05, 0.1) is 6.54 Å². The predicted octanol–water partition coefficient (Wildman–Crippen LogP) is 2.76. The molecule has 1 amide bonds. The van der Waals surface area contributed by atoms with E-state index in [4.69, 9.17) is 9.47 Å². The van der Waals surface area contributed by atoms with Crippen LogP contribution in [0.4, 0.5) is 0 Å². The van der Waals surface area contributed by atoms with Crippen molar-refractivity contribution in [2.75, 3.05) is 19.9 Å². The third kappa shape index (κ3) is 4.54. The Balaban J connectivity index is 1.16. The molecule has 2 aliphatic heterocycles. The summed E-state index contributed by atoms with van der Waals surface area (Å²) in [5, 5.41) is 11.7. The molecule has 1 unspecified atom stereocenters. The molecular formula is C23H31N5O3. The number of fused-ring (bicyclic) bond motifs is 2. The number of carbonyl (C=O) groups is 1. The standard InChI is InChI=1S/C23H31N5O3/c1-16(11-17-7-8-19-20(12-17)31-15-30-19)13-27-9-10-28-21(14-27)25-26-22(28)23(29)24-18-5-3-2-4-6-18/h7-8,12,16,18H,2-6,9-11,13-15H2,1H3,(H,24,29). The van der Waals surface area contributed by atoms with Crippen LogP contribution in [0.1, 0.15) is 61.0 Å². The summed E-state index contributed by atoms with van der Waals surface area (Å²) in [6, 6.07) is 6.48. The Morgan fingerprint density at radius 1 is 1.16 bits per heavy atom. The molecule has 3 heterocycles. The smallest absolute Gasteiger partial charge is 0.289 e. The van der Waals surface area contributed by atoms with E-state index in [9.17, 15) is 4.79 Å². The summed E-state index contributed by atoms with van der Waals surface area (Å²) in [4.78, 5) is 15.1. The Labute approximate surface area is 182 Å². The summed E-state index contributed by atoms with van der Waals surface area (Å²) in [5.74, 6) is 3.44. The summed E-state index contributed by atoms with van der Waals surface area (Å²) in [7, 11) is 0. The highest BCUT2D eigenvalue weighted by Gasteiger charge is 2.27. The van der Waals surface area contributed by atoms with Crippen LogP contribution in [-0.2, 0) is 19.5 Å². The third-order valence-electron chi connectivity index (χ3n) is 6.57. The highest BCUT2D eigenvalue weighted by molar-refractivity contribution is 5.90. The molecule has 1 fully saturated rings. The Hall–Kier alpha value is -2.61. The van der Waals surface area contributed by atoms with Gasteiger partial charge in [0, 0.05) is 25.7 Å². The molecule has 0 saturated heterocycles. The third-order valence-corrected chi connectivity index (χ3v) is 6.57. The SMILES string of the molecule is CC(Cc1ccc2c(c1)OCO2)CN1CCn2c(nnc2C(=O)NC2CCCCC2)C1. The van der Waals surface area contributed by atoms with Crippen LogP contribution < -0.4 is 14.8 Å². The number of nitrogens with one attached hydrogen (secondary N) is 1. The molecule has 3 aliphatic rings. The van der Waals surface area contributed by atoms with Crippen LogP contribution in [0.3, 0.4) is 0 Å². The van der Waals surface area contributed by atoms with E-state index in [1.165, 1.54) is 24.8 Å². The minimum absolute atomic E-state index is 0.0738. The second-order valence-electron chi connectivity index (χ2n) is 9.13. The maximum Gasteiger partial charge on any atom is 0.289 e. The largest absolute Gasteiger partial charge is 0.454 e. The molecule has 1 aromatic carbocycles. The Morgan fingerprint density at radius 2 is 2.00 bits per heavy atom. The van der Waals surface area contributed by atoms with Gasteiger partial charge in [-0.3, -0.25) is 9.69 Å². The molecule has 1 aromatic heterocycles. The van der Waals surface area contributed by atoms with Crippen molar-refractivity contribution in [1.82, 2.24) is 25.0 Å². The molecule has 0 bridgehead atoms. The monoisotopic (exact) mass is 425 g/mol. The van der Waals surface area contributed by atoms with E-state index in [-0.39, 0.29) is 11.9 Å². The van der Waals surface area contributed by atoms with Gasteiger partial charge in [-0.1, -0.05) is 32.3 Å². The minimum atomic E-state index is -0.0738. The number of hydrogen-bond acceptors (Lipinski definition) is 6. The number of nitrogens with zero attached hydrogens (tertiary/aromatic N) is 4. The fourth-order valence-electron chi connectivity index (χ4n) is 5.00. The molecule has 166 valence electrons. The highest BCUT2D eigenvalue weighted by Crippen LogP contribution is 2.33. The average molecular weight is 426 g/mol. The van der Waals surface area contributed by atoms with Crippen molar-refractivity contribution in [3.63, 3.8) is 0 Å². The van der Waals surface area contributed by atoms with Gasteiger partial charge >= 0.3 is 0 Å². The van der Waals surface area contributed by atoms with Crippen molar-refractivity contribution in [2.24, 2.45) is 5.92 Å². The van der Waals surface area contributed by atoms with Crippen LogP contribution in [0, 0.1) is 5.92 Å². The van der Waals surface area contributed by atoms with Crippen molar-refractivity contribution in [2.45, 2.75) is 64.6 Å². The molecule has 5 rings (SSSR count). The molecule has 2 aromatic rings. The lowest BCUT2D eigenvalue weighted by Gasteiger charge is -2.30. The quantitative estimate of drug-likeness (QED) is 0.767. The van der Waals surface area contributed by atoms with Crippen LogP contribution in [0.15, 0.2) is 18.2 Å². The first-order valence-corrected chi connectivity index (χ1v) is 11.5. The summed E-state index contributed by atoms with van der Waals surface area (Å²) in [5.41, 5.74) is 1.26. The maximum absolute atomic E-state index is 12.7. The van der Waals surface area contributed by atoms with Gasteiger partial charge in [-0.15, -0.1) is 10.2 Å². The van der Waals surface area contributed by atoms with Crippen molar-refractivity contribution in [1.29, 1.82) is 0 Å². The van der Waals surface area contributed by atoms with Gasteiger partial charge in [-0.25, -0.2) is 0 Å². The number of ether oxygens (including phenoxy) is 2. The molecular weight excluding hydrogens is 394 g/mol. The number of rotatable bonds is 6. The number of aromatic nitrogens is 3. The Kier molecular flexibility index (Phi) is 5.80. The van der Waals surface area contributed by atoms with E-state index in [0.29, 0.717) is 18.5 Å². The van der Waals surface area contributed by atoms with Gasteiger partial charge in [-0.05, 0) is 42.9 Å². The molecule has 8 heteroatoms. The van der Waals surface area contributed by atoms with Crippen molar-refractivity contribution in [3.8, 4) is 11.5 Å². The highest BCUT2D eigenvalue weighted by atomic mass is 16.7. The molecule has 1 atom stereocenters. The fourth-order valence-corrected chi connectivity index (χ4v) is 5.00. The zero-order chi connectivity index (χ0) is 21.2. The van der Waals surface area contributed by atoms with E-state index in [1.807, 2.05) is 10.6 Å². The topological polar surface area (TPSA) is 81.5 Å². The molecule has 0 spiro atoms. The first kappa shape index (κ1) is 20.3. The second-order valence-corrected chi connectivity index (χ2v) is 9.13. The molecule has 8 nitrogen and oxygen atoms in total.